The molecular weight excluding hydrogens is 493 g/mol. The van der Waals surface area contributed by atoms with Gasteiger partial charge in [-0.05, 0) is 72.9 Å². The smallest absolute Gasteiger partial charge is 0.0659 e. The van der Waals surface area contributed by atoms with Crippen LogP contribution in [0.5, 0.6) is 0 Å². The Hall–Kier alpha value is -2.66. The molecule has 0 spiro atoms. The Balaban J connectivity index is 0.00000157. The van der Waals surface area contributed by atoms with Crippen LogP contribution < -0.4 is 0 Å². The Morgan fingerprint density at radius 1 is 0.360 bits per heavy atom. The number of nitrogens with zero attached hydrogens (tertiary/aromatic N) is 4. The normalized spacial score (nSPS) is 21.8. The van der Waals surface area contributed by atoms with Gasteiger partial charge in [0.2, 0.25) is 0 Å². The van der Waals surface area contributed by atoms with E-state index >= 15 is 0 Å². The van der Waals surface area contributed by atoms with Gasteiger partial charge in [-0.3, -0.25) is 0 Å². The molecule has 5 rings (SSSR count). The van der Waals surface area contributed by atoms with Gasteiger partial charge in [0.15, 0.2) is 0 Å². The van der Waals surface area contributed by atoms with Crippen LogP contribution in [0, 0.1) is 0 Å². The summed E-state index contributed by atoms with van der Waals surface area (Å²) in [7, 11) is 0. The Labute approximate surface area is 160 Å². The van der Waals surface area contributed by atoms with E-state index in [0.717, 1.165) is 45.6 Å². The molecule has 4 nitrogen and oxygen atoms in total. The van der Waals surface area contributed by atoms with Crippen molar-refractivity contribution >= 4 is 22.8 Å². The zero-order valence-corrected chi connectivity index (χ0v) is 15.2. The molecule has 5 heteroatoms. The van der Waals surface area contributed by atoms with Gasteiger partial charge in [0, 0.05) is 22.4 Å². The van der Waals surface area contributed by atoms with E-state index in [-0.39, 0.29) is 22.4 Å². The van der Waals surface area contributed by atoms with Gasteiger partial charge in [-0.2, -0.15) is 0 Å². The Kier molecular flexibility index (Phi) is 4.01. The van der Waals surface area contributed by atoms with Crippen molar-refractivity contribution in [2.75, 3.05) is 0 Å². The van der Waals surface area contributed by atoms with E-state index in [1.165, 1.54) is 0 Å². The van der Waals surface area contributed by atoms with Gasteiger partial charge in [-0.25, -0.2) is 20.0 Å². The van der Waals surface area contributed by atoms with E-state index in [4.69, 9.17) is 0 Å². The van der Waals surface area contributed by atoms with E-state index in [9.17, 15) is 0 Å². The minimum Gasteiger partial charge on any atom is -0.249 e. The van der Waals surface area contributed by atoms with Gasteiger partial charge in [0.25, 0.3) is 0 Å². The largest absolute Gasteiger partial charge is 0.249 e. The van der Waals surface area contributed by atoms with Crippen LogP contribution in [0.3, 0.4) is 0 Å². The summed E-state index contributed by atoms with van der Waals surface area (Å²) in [6, 6.07) is 0. The number of allylic oxidation sites excluding steroid dienone is 12. The van der Waals surface area contributed by atoms with E-state index < -0.39 is 0 Å². The van der Waals surface area contributed by atoms with Crippen molar-refractivity contribution in [1.29, 1.82) is 0 Å². The SMILES string of the molecule is C1=CC2=NC1=CC1=NC(=CC3=NC(=CC4=NC(=C2)C=C4)C=C3)C=C1.[Au]. The first-order chi connectivity index (χ1) is 11.8. The van der Waals surface area contributed by atoms with Crippen LogP contribution in [-0.2, 0) is 22.4 Å². The van der Waals surface area contributed by atoms with Gasteiger partial charge in [0.1, 0.15) is 0 Å². The molecule has 0 atom stereocenters. The topological polar surface area (TPSA) is 49.4 Å². The van der Waals surface area contributed by atoms with Crippen molar-refractivity contribution < 1.29 is 22.4 Å². The number of rotatable bonds is 0. The third kappa shape index (κ3) is 3.28. The molecule has 1 radical (unpaired) electrons. The monoisotopic (exact) mass is 505 g/mol. The van der Waals surface area contributed by atoms with E-state index in [1.807, 2.05) is 72.9 Å². The first-order valence-corrected chi connectivity index (χ1v) is 7.74. The minimum absolute atomic E-state index is 0. The summed E-state index contributed by atoms with van der Waals surface area (Å²) in [5.41, 5.74) is 7.15. The van der Waals surface area contributed by atoms with Crippen LogP contribution in [0.25, 0.3) is 0 Å². The molecule has 0 aliphatic carbocycles. The number of hydrogen-bond acceptors (Lipinski definition) is 4. The predicted octanol–water partition coefficient (Wildman–Crippen LogP) is 3.58. The maximum absolute atomic E-state index is 4.59. The molecule has 25 heavy (non-hydrogen) atoms. The van der Waals surface area contributed by atoms with Crippen LogP contribution >= 0.6 is 0 Å². The number of fused-ring (bicyclic) bond motifs is 4. The summed E-state index contributed by atoms with van der Waals surface area (Å²) < 4.78 is 0. The average molecular weight is 505 g/mol. The molecule has 8 bridgehead atoms. The first-order valence-electron chi connectivity index (χ1n) is 7.74. The zero-order valence-electron chi connectivity index (χ0n) is 13.0. The fraction of sp³-hybridized carbons (Fsp3) is 0. The molecule has 0 unspecified atom stereocenters. The number of aliphatic imine (C=N–C) groups is 4. The van der Waals surface area contributed by atoms with E-state index in [2.05, 4.69) is 20.0 Å². The molecule has 0 aromatic carbocycles. The predicted molar refractivity (Wildman–Crippen MR) is 98.6 cm³/mol. The number of hydrogen-bond donors (Lipinski definition) is 0. The molecular formula is C20H12AuN4. The van der Waals surface area contributed by atoms with Gasteiger partial charge in [-0.15, -0.1) is 0 Å². The van der Waals surface area contributed by atoms with Crippen LogP contribution in [0.2, 0.25) is 0 Å². The molecule has 5 aliphatic heterocycles. The van der Waals surface area contributed by atoms with Crippen molar-refractivity contribution in [2.45, 2.75) is 0 Å². The van der Waals surface area contributed by atoms with E-state index in [1.54, 1.807) is 0 Å². The second kappa shape index (κ2) is 6.33. The van der Waals surface area contributed by atoms with Crippen molar-refractivity contribution in [1.82, 2.24) is 0 Å². The Bertz CT molecular complexity index is 848. The Morgan fingerprint density at radius 2 is 0.600 bits per heavy atom. The molecule has 0 saturated carbocycles. The Morgan fingerprint density at radius 3 is 0.840 bits per heavy atom. The molecule has 0 aromatic heterocycles. The third-order valence-corrected chi connectivity index (χ3v) is 3.92. The van der Waals surface area contributed by atoms with Gasteiger partial charge in [0.05, 0.1) is 45.6 Å². The standard InChI is InChI=1S/C20H12N4.Au/c1-2-14-10-16-5-6-18(23-16)12-20-8-7-19(24-20)11-17-4-3-15(22-17)9-13(1)21-14;/h1-12H;. The summed E-state index contributed by atoms with van der Waals surface area (Å²) >= 11 is 0. The molecule has 0 amide bonds. The average Bonchev–Trinajstić information content (AvgIpc) is 3.32. The van der Waals surface area contributed by atoms with Crippen molar-refractivity contribution in [3.05, 3.63) is 95.7 Å². The maximum Gasteiger partial charge on any atom is 0.0659 e. The maximum atomic E-state index is 4.59. The van der Waals surface area contributed by atoms with Gasteiger partial charge >= 0.3 is 0 Å². The van der Waals surface area contributed by atoms with Crippen LogP contribution in [0.15, 0.2) is 116 Å². The quantitative estimate of drug-likeness (QED) is 0.453. The molecule has 0 N–H and O–H groups in total. The second-order valence-electron chi connectivity index (χ2n) is 5.76. The molecule has 0 aromatic rings. The summed E-state index contributed by atoms with van der Waals surface area (Å²) in [6.07, 6.45) is 23.8. The summed E-state index contributed by atoms with van der Waals surface area (Å²) in [4.78, 5) is 18.4. The zero-order chi connectivity index (χ0) is 15.9. The molecule has 5 heterocycles. The van der Waals surface area contributed by atoms with Crippen LogP contribution in [0.1, 0.15) is 0 Å². The fourth-order valence-corrected chi connectivity index (χ4v) is 2.83. The minimum atomic E-state index is 0. The summed E-state index contributed by atoms with van der Waals surface area (Å²) in [5.74, 6) is 0. The molecule has 5 aliphatic rings. The first kappa shape index (κ1) is 15.8. The van der Waals surface area contributed by atoms with Gasteiger partial charge in [-0.1, -0.05) is 0 Å². The van der Waals surface area contributed by atoms with Crippen molar-refractivity contribution in [3.8, 4) is 0 Å². The molecule has 0 saturated heterocycles. The third-order valence-electron chi connectivity index (χ3n) is 3.92. The second-order valence-corrected chi connectivity index (χ2v) is 5.76. The van der Waals surface area contributed by atoms with Gasteiger partial charge < -0.3 is 0 Å². The van der Waals surface area contributed by atoms with Crippen LogP contribution in [0.4, 0.5) is 0 Å². The summed E-state index contributed by atoms with van der Waals surface area (Å²) in [5, 5.41) is 0. The van der Waals surface area contributed by atoms with Crippen LogP contribution in [-0.4, -0.2) is 22.8 Å². The van der Waals surface area contributed by atoms with Crippen molar-refractivity contribution in [3.63, 3.8) is 0 Å². The summed E-state index contributed by atoms with van der Waals surface area (Å²) in [6.45, 7) is 0. The molecule has 0 fully saturated rings. The molecule has 123 valence electrons. The fourth-order valence-electron chi connectivity index (χ4n) is 2.83. The van der Waals surface area contributed by atoms with E-state index in [0.29, 0.717) is 0 Å². The van der Waals surface area contributed by atoms with Crippen molar-refractivity contribution in [2.24, 2.45) is 20.0 Å².